The molecule has 0 aliphatic carbocycles. The first-order valence-electron chi connectivity index (χ1n) is 4.57. The fraction of sp³-hybridized carbons (Fsp3) is 0.556. The van der Waals surface area contributed by atoms with Gasteiger partial charge in [0.25, 0.3) is 0 Å². The number of nitrogens with one attached hydrogen (secondary N) is 1. The summed E-state index contributed by atoms with van der Waals surface area (Å²) in [6.45, 7) is 3.64. The average Bonchev–Trinajstić information content (AvgIpc) is 2.01. The maximum Gasteiger partial charge on any atom is 0.131 e. The second-order valence-corrected chi connectivity index (χ2v) is 3.46. The van der Waals surface area contributed by atoms with Gasteiger partial charge in [-0.1, -0.05) is 0 Å². The Kier molecular flexibility index (Phi) is 3.64. The van der Waals surface area contributed by atoms with Gasteiger partial charge in [0.15, 0.2) is 0 Å². The smallest absolute Gasteiger partial charge is 0.131 e. The zero-order valence-electron chi connectivity index (χ0n) is 8.91. The Morgan fingerprint density at radius 2 is 2.14 bits per heavy atom. The lowest BCUT2D eigenvalue weighted by atomic mass is 10.5. The molecule has 14 heavy (non-hydrogen) atoms. The van der Waals surface area contributed by atoms with Crippen molar-refractivity contribution in [1.82, 2.24) is 14.9 Å². The Bertz CT molecular complexity index is 277. The van der Waals surface area contributed by atoms with Crippen LogP contribution in [-0.4, -0.2) is 42.1 Å². The highest BCUT2D eigenvalue weighted by Crippen LogP contribution is 2.06. The van der Waals surface area contributed by atoms with Crippen LogP contribution < -0.4 is 11.1 Å². The molecule has 5 nitrogen and oxygen atoms in total. The summed E-state index contributed by atoms with van der Waals surface area (Å²) in [5.74, 6) is 1.99. The first-order chi connectivity index (χ1) is 6.58. The minimum absolute atomic E-state index is 0.504. The maximum absolute atomic E-state index is 5.59. The molecular weight excluding hydrogens is 178 g/mol. The van der Waals surface area contributed by atoms with Crippen LogP contribution in [0.1, 0.15) is 5.82 Å². The standard InChI is InChI=1S/C9H17N5/c1-7-12-8(10)6-9(13-7)11-4-5-14(2)3/h6H,4-5H2,1-3H3,(H3,10,11,12,13). The summed E-state index contributed by atoms with van der Waals surface area (Å²) in [5, 5.41) is 3.18. The summed E-state index contributed by atoms with van der Waals surface area (Å²) < 4.78 is 0. The second-order valence-electron chi connectivity index (χ2n) is 3.46. The maximum atomic E-state index is 5.59. The van der Waals surface area contributed by atoms with E-state index in [0.29, 0.717) is 11.6 Å². The number of aryl methyl sites for hydroxylation is 1. The Morgan fingerprint density at radius 1 is 1.43 bits per heavy atom. The van der Waals surface area contributed by atoms with Crippen LogP contribution in [0, 0.1) is 6.92 Å². The van der Waals surface area contributed by atoms with Crippen LogP contribution >= 0.6 is 0 Å². The van der Waals surface area contributed by atoms with E-state index in [1.54, 1.807) is 6.07 Å². The van der Waals surface area contributed by atoms with Crippen LogP contribution in [0.3, 0.4) is 0 Å². The number of rotatable bonds is 4. The third-order valence-corrected chi connectivity index (χ3v) is 1.72. The van der Waals surface area contributed by atoms with Crippen molar-refractivity contribution in [3.63, 3.8) is 0 Å². The Balaban J connectivity index is 2.50. The van der Waals surface area contributed by atoms with Gasteiger partial charge in [-0.2, -0.15) is 0 Å². The number of hydrogen-bond donors (Lipinski definition) is 2. The van der Waals surface area contributed by atoms with Crippen molar-refractivity contribution in [2.75, 3.05) is 38.2 Å². The molecule has 0 aliphatic heterocycles. The fourth-order valence-corrected chi connectivity index (χ4v) is 1.09. The molecule has 0 bridgehead atoms. The summed E-state index contributed by atoms with van der Waals surface area (Å²) >= 11 is 0. The molecular formula is C9H17N5. The zero-order valence-corrected chi connectivity index (χ0v) is 8.91. The molecule has 1 aromatic rings. The van der Waals surface area contributed by atoms with Crippen LogP contribution in [-0.2, 0) is 0 Å². The van der Waals surface area contributed by atoms with Crippen LogP contribution in [0.4, 0.5) is 11.6 Å². The number of likely N-dealkylation sites (N-methyl/N-ethyl adjacent to an activating group) is 1. The van der Waals surface area contributed by atoms with E-state index in [-0.39, 0.29) is 0 Å². The Morgan fingerprint density at radius 3 is 2.71 bits per heavy atom. The largest absolute Gasteiger partial charge is 0.384 e. The topological polar surface area (TPSA) is 67.1 Å². The molecule has 0 unspecified atom stereocenters. The van der Waals surface area contributed by atoms with Gasteiger partial charge in [0, 0.05) is 19.2 Å². The number of nitrogens with zero attached hydrogens (tertiary/aromatic N) is 3. The summed E-state index contributed by atoms with van der Waals surface area (Å²) in [7, 11) is 4.06. The molecule has 3 N–H and O–H groups in total. The molecule has 5 heteroatoms. The van der Waals surface area contributed by atoms with Crippen molar-refractivity contribution in [3.8, 4) is 0 Å². The van der Waals surface area contributed by atoms with Gasteiger partial charge < -0.3 is 16.0 Å². The van der Waals surface area contributed by atoms with Gasteiger partial charge in [-0.25, -0.2) is 9.97 Å². The molecule has 0 saturated carbocycles. The lowest BCUT2D eigenvalue weighted by Gasteiger charge is -2.11. The van der Waals surface area contributed by atoms with Gasteiger partial charge in [0.05, 0.1) is 0 Å². The van der Waals surface area contributed by atoms with Gasteiger partial charge in [-0.3, -0.25) is 0 Å². The molecule has 1 aromatic heterocycles. The first kappa shape index (κ1) is 10.7. The predicted molar refractivity (Wildman–Crippen MR) is 58.2 cm³/mol. The Labute approximate surface area is 84.3 Å². The van der Waals surface area contributed by atoms with Gasteiger partial charge in [0.1, 0.15) is 17.5 Å². The molecule has 0 amide bonds. The van der Waals surface area contributed by atoms with Gasteiger partial charge >= 0.3 is 0 Å². The summed E-state index contributed by atoms with van der Waals surface area (Å²) in [6, 6.07) is 1.74. The molecule has 0 atom stereocenters. The number of nitrogens with two attached hydrogens (primary N) is 1. The van der Waals surface area contributed by atoms with E-state index in [1.807, 2.05) is 21.0 Å². The summed E-state index contributed by atoms with van der Waals surface area (Å²) in [5.41, 5.74) is 5.59. The van der Waals surface area contributed by atoms with E-state index in [0.717, 1.165) is 18.9 Å². The first-order valence-corrected chi connectivity index (χ1v) is 4.57. The lowest BCUT2D eigenvalue weighted by molar-refractivity contribution is 0.425. The number of aromatic nitrogens is 2. The number of anilines is 2. The SMILES string of the molecule is Cc1nc(N)cc(NCCN(C)C)n1. The molecule has 1 rings (SSSR count). The monoisotopic (exact) mass is 195 g/mol. The summed E-state index contributed by atoms with van der Waals surface area (Å²) in [6.07, 6.45) is 0. The van der Waals surface area contributed by atoms with E-state index < -0.39 is 0 Å². The minimum Gasteiger partial charge on any atom is -0.384 e. The summed E-state index contributed by atoms with van der Waals surface area (Å²) in [4.78, 5) is 10.3. The minimum atomic E-state index is 0.504. The molecule has 0 aliphatic rings. The van der Waals surface area contributed by atoms with Crippen molar-refractivity contribution >= 4 is 11.6 Å². The van der Waals surface area contributed by atoms with Crippen molar-refractivity contribution in [2.45, 2.75) is 6.92 Å². The van der Waals surface area contributed by atoms with E-state index >= 15 is 0 Å². The van der Waals surface area contributed by atoms with Crippen molar-refractivity contribution < 1.29 is 0 Å². The van der Waals surface area contributed by atoms with Crippen LogP contribution in [0.15, 0.2) is 6.07 Å². The number of hydrogen-bond acceptors (Lipinski definition) is 5. The molecule has 78 valence electrons. The highest BCUT2D eigenvalue weighted by atomic mass is 15.1. The third-order valence-electron chi connectivity index (χ3n) is 1.72. The molecule has 0 spiro atoms. The number of nitrogen functional groups attached to an aromatic ring is 1. The van der Waals surface area contributed by atoms with E-state index in [9.17, 15) is 0 Å². The highest BCUT2D eigenvalue weighted by Gasteiger charge is 1.98. The normalized spacial score (nSPS) is 10.6. The van der Waals surface area contributed by atoms with E-state index in [4.69, 9.17) is 5.73 Å². The van der Waals surface area contributed by atoms with E-state index in [2.05, 4.69) is 20.2 Å². The lowest BCUT2D eigenvalue weighted by Crippen LogP contribution is -2.21. The van der Waals surface area contributed by atoms with Crippen molar-refractivity contribution in [2.24, 2.45) is 0 Å². The predicted octanol–water partition coefficient (Wildman–Crippen LogP) is 0.341. The van der Waals surface area contributed by atoms with Crippen LogP contribution in [0.5, 0.6) is 0 Å². The highest BCUT2D eigenvalue weighted by molar-refractivity contribution is 5.44. The molecule has 0 saturated heterocycles. The average molecular weight is 195 g/mol. The van der Waals surface area contributed by atoms with E-state index in [1.165, 1.54) is 0 Å². The third kappa shape index (κ3) is 3.57. The van der Waals surface area contributed by atoms with Crippen LogP contribution in [0.2, 0.25) is 0 Å². The van der Waals surface area contributed by atoms with Gasteiger partial charge in [0.2, 0.25) is 0 Å². The van der Waals surface area contributed by atoms with Crippen molar-refractivity contribution in [1.29, 1.82) is 0 Å². The van der Waals surface area contributed by atoms with Crippen LogP contribution in [0.25, 0.3) is 0 Å². The molecule has 0 radical (unpaired) electrons. The quantitative estimate of drug-likeness (QED) is 0.725. The fourth-order valence-electron chi connectivity index (χ4n) is 1.09. The molecule has 1 heterocycles. The zero-order chi connectivity index (χ0) is 10.6. The van der Waals surface area contributed by atoms with Gasteiger partial charge in [-0.05, 0) is 21.0 Å². The van der Waals surface area contributed by atoms with Crippen molar-refractivity contribution in [3.05, 3.63) is 11.9 Å². The molecule has 0 aromatic carbocycles. The molecule has 0 fully saturated rings. The second kappa shape index (κ2) is 4.76. The Hall–Kier alpha value is -1.36. The van der Waals surface area contributed by atoms with Gasteiger partial charge in [-0.15, -0.1) is 0 Å².